The Morgan fingerprint density at radius 1 is 1.21 bits per heavy atom. The molecule has 0 saturated heterocycles. The summed E-state index contributed by atoms with van der Waals surface area (Å²) in [5.41, 5.74) is 1.51. The van der Waals surface area contributed by atoms with E-state index in [1.165, 1.54) is 0 Å². The Bertz CT molecular complexity index is 675. The number of carbonyl (C=O) groups excluding carboxylic acids is 1. The molecule has 0 radical (unpaired) electrons. The van der Waals surface area contributed by atoms with Crippen LogP contribution >= 0.6 is 0 Å². The van der Waals surface area contributed by atoms with Crippen LogP contribution in [0.4, 0.5) is 0 Å². The predicted molar refractivity (Wildman–Crippen MR) is 109 cm³/mol. The molecule has 154 valence electrons. The molecule has 1 aliphatic rings. The number of amides is 1. The molecule has 1 amide bonds. The molecule has 0 bridgehead atoms. The highest BCUT2D eigenvalue weighted by atomic mass is 16.7. The van der Waals surface area contributed by atoms with E-state index >= 15 is 0 Å². The zero-order valence-corrected chi connectivity index (χ0v) is 17.8. The third kappa shape index (κ3) is 4.54. The first-order valence-corrected chi connectivity index (χ1v) is 10.0. The molecule has 0 aliphatic heterocycles. The topological polar surface area (TPSA) is 65.8 Å². The van der Waals surface area contributed by atoms with Crippen LogP contribution in [0.25, 0.3) is 0 Å². The molecule has 1 fully saturated rings. The molecule has 2 atom stereocenters. The van der Waals surface area contributed by atoms with Gasteiger partial charge < -0.3 is 14.4 Å². The van der Waals surface area contributed by atoms with Crippen molar-refractivity contribution in [1.29, 1.82) is 5.26 Å². The highest BCUT2D eigenvalue weighted by Gasteiger charge is 2.50. The number of benzene rings is 1. The van der Waals surface area contributed by atoms with Crippen molar-refractivity contribution in [3.63, 3.8) is 0 Å². The third-order valence-corrected chi connectivity index (χ3v) is 6.07. The van der Waals surface area contributed by atoms with Gasteiger partial charge in [-0.15, -0.1) is 0 Å². The van der Waals surface area contributed by atoms with Crippen LogP contribution < -0.4 is 0 Å². The largest absolute Gasteiger partial charge is 0.352 e. The van der Waals surface area contributed by atoms with Crippen LogP contribution in [0.1, 0.15) is 44.2 Å². The standard InChI is InChI=1S/C22H33N3O3/c1-6-25(7-2)21-19(9-8-14-22(21,27-4)28-5)24(3)20(26)15-17-10-12-18(16-23)13-11-17/h10-13,19,21H,6-9,14-15H2,1-5H3. The summed E-state index contributed by atoms with van der Waals surface area (Å²) in [6, 6.07) is 9.30. The molecule has 2 unspecified atom stereocenters. The predicted octanol–water partition coefficient (Wildman–Crippen LogP) is 2.81. The lowest BCUT2D eigenvalue weighted by Gasteiger charge is -2.52. The normalized spacial score (nSPS) is 21.3. The fourth-order valence-corrected chi connectivity index (χ4v) is 4.41. The van der Waals surface area contributed by atoms with Gasteiger partial charge in [-0.3, -0.25) is 9.69 Å². The molecule has 1 saturated carbocycles. The van der Waals surface area contributed by atoms with Gasteiger partial charge in [0.05, 0.1) is 30.1 Å². The molecule has 0 heterocycles. The van der Waals surface area contributed by atoms with E-state index in [4.69, 9.17) is 14.7 Å². The molecule has 1 aromatic rings. The van der Waals surface area contributed by atoms with Gasteiger partial charge in [-0.25, -0.2) is 0 Å². The third-order valence-electron chi connectivity index (χ3n) is 6.07. The van der Waals surface area contributed by atoms with Crippen molar-refractivity contribution in [3.8, 4) is 6.07 Å². The van der Waals surface area contributed by atoms with Gasteiger partial charge >= 0.3 is 0 Å². The lowest BCUT2D eigenvalue weighted by molar-refractivity contribution is -0.267. The van der Waals surface area contributed by atoms with Gasteiger partial charge in [0.25, 0.3) is 0 Å². The number of ether oxygens (including phenoxy) is 2. The highest BCUT2D eigenvalue weighted by molar-refractivity contribution is 5.79. The Morgan fingerprint density at radius 2 is 1.82 bits per heavy atom. The number of nitriles is 1. The lowest BCUT2D eigenvalue weighted by Crippen LogP contribution is -2.66. The molecule has 0 spiro atoms. The van der Waals surface area contributed by atoms with Crippen molar-refractivity contribution in [2.75, 3.05) is 34.4 Å². The van der Waals surface area contributed by atoms with Gasteiger partial charge in [0.15, 0.2) is 5.79 Å². The van der Waals surface area contributed by atoms with E-state index in [-0.39, 0.29) is 18.0 Å². The second-order valence-electron chi connectivity index (χ2n) is 7.34. The summed E-state index contributed by atoms with van der Waals surface area (Å²) in [5, 5.41) is 8.94. The average molecular weight is 388 g/mol. The maximum absolute atomic E-state index is 13.1. The van der Waals surface area contributed by atoms with Crippen LogP contribution in [0, 0.1) is 11.3 Å². The van der Waals surface area contributed by atoms with E-state index in [0.717, 1.165) is 37.9 Å². The van der Waals surface area contributed by atoms with Gasteiger partial charge in [-0.1, -0.05) is 26.0 Å². The second-order valence-corrected chi connectivity index (χ2v) is 7.34. The lowest BCUT2D eigenvalue weighted by atomic mass is 9.82. The van der Waals surface area contributed by atoms with Crippen LogP contribution in [-0.4, -0.2) is 67.9 Å². The van der Waals surface area contributed by atoms with Crippen molar-refractivity contribution in [2.24, 2.45) is 0 Å². The molecule has 28 heavy (non-hydrogen) atoms. The zero-order chi connectivity index (χ0) is 20.7. The number of hydrogen-bond acceptors (Lipinski definition) is 5. The molecular weight excluding hydrogens is 354 g/mol. The van der Waals surface area contributed by atoms with Crippen LogP contribution in [0.2, 0.25) is 0 Å². The minimum atomic E-state index is -0.710. The van der Waals surface area contributed by atoms with E-state index in [0.29, 0.717) is 12.0 Å². The van der Waals surface area contributed by atoms with Crippen LogP contribution in [0.5, 0.6) is 0 Å². The van der Waals surface area contributed by atoms with Gasteiger partial charge in [0, 0.05) is 27.7 Å². The molecule has 0 N–H and O–H groups in total. The van der Waals surface area contributed by atoms with E-state index in [2.05, 4.69) is 24.8 Å². The Balaban J connectivity index is 2.24. The number of likely N-dealkylation sites (N-methyl/N-ethyl adjacent to an activating group) is 2. The Morgan fingerprint density at radius 3 is 2.32 bits per heavy atom. The number of hydrogen-bond donors (Lipinski definition) is 0. The minimum Gasteiger partial charge on any atom is -0.352 e. The quantitative estimate of drug-likeness (QED) is 0.642. The summed E-state index contributed by atoms with van der Waals surface area (Å²) in [7, 11) is 5.27. The second kappa shape index (κ2) is 10.0. The summed E-state index contributed by atoms with van der Waals surface area (Å²) in [6.45, 7) is 5.99. The van der Waals surface area contributed by atoms with E-state index in [1.807, 2.05) is 24.1 Å². The van der Waals surface area contributed by atoms with Gasteiger partial charge in [-0.2, -0.15) is 5.26 Å². The first kappa shape index (κ1) is 22.4. The van der Waals surface area contributed by atoms with Gasteiger partial charge in [0.2, 0.25) is 5.91 Å². The Kier molecular flexibility index (Phi) is 7.99. The van der Waals surface area contributed by atoms with Crippen molar-refractivity contribution in [3.05, 3.63) is 35.4 Å². The molecule has 1 aliphatic carbocycles. The van der Waals surface area contributed by atoms with Crippen molar-refractivity contribution in [2.45, 2.75) is 57.4 Å². The maximum atomic E-state index is 13.1. The summed E-state index contributed by atoms with van der Waals surface area (Å²) in [4.78, 5) is 17.3. The summed E-state index contributed by atoms with van der Waals surface area (Å²) >= 11 is 0. The summed E-state index contributed by atoms with van der Waals surface area (Å²) in [5.74, 6) is -0.646. The number of rotatable bonds is 8. The fraction of sp³-hybridized carbons (Fsp3) is 0.636. The van der Waals surface area contributed by atoms with Crippen molar-refractivity contribution < 1.29 is 14.3 Å². The molecule has 6 nitrogen and oxygen atoms in total. The number of nitrogens with zero attached hydrogens (tertiary/aromatic N) is 3. The van der Waals surface area contributed by atoms with E-state index in [9.17, 15) is 4.79 Å². The summed E-state index contributed by atoms with van der Waals surface area (Å²) in [6.07, 6.45) is 3.00. The van der Waals surface area contributed by atoms with Crippen LogP contribution in [-0.2, 0) is 20.7 Å². The number of carbonyl (C=O) groups is 1. The molecular formula is C22H33N3O3. The zero-order valence-electron chi connectivity index (χ0n) is 17.8. The maximum Gasteiger partial charge on any atom is 0.227 e. The molecule has 0 aromatic heterocycles. The van der Waals surface area contributed by atoms with E-state index in [1.54, 1.807) is 26.4 Å². The Hall–Kier alpha value is -1.94. The monoisotopic (exact) mass is 387 g/mol. The molecule has 6 heteroatoms. The Labute approximate surface area is 169 Å². The average Bonchev–Trinajstić information content (AvgIpc) is 2.74. The van der Waals surface area contributed by atoms with E-state index < -0.39 is 5.79 Å². The number of methoxy groups -OCH3 is 2. The van der Waals surface area contributed by atoms with Gasteiger partial charge in [-0.05, 0) is 43.6 Å². The minimum absolute atomic E-state index is 0.0134. The van der Waals surface area contributed by atoms with Crippen molar-refractivity contribution >= 4 is 5.91 Å². The highest BCUT2D eigenvalue weighted by Crippen LogP contribution is 2.37. The molecule has 2 rings (SSSR count). The smallest absolute Gasteiger partial charge is 0.227 e. The fourth-order valence-electron chi connectivity index (χ4n) is 4.41. The summed E-state index contributed by atoms with van der Waals surface area (Å²) < 4.78 is 11.8. The van der Waals surface area contributed by atoms with Crippen molar-refractivity contribution in [1.82, 2.24) is 9.80 Å². The van der Waals surface area contributed by atoms with Crippen LogP contribution in [0.3, 0.4) is 0 Å². The van der Waals surface area contributed by atoms with Crippen LogP contribution in [0.15, 0.2) is 24.3 Å². The first-order chi connectivity index (χ1) is 13.5. The SMILES string of the molecule is CCN(CC)C1C(N(C)C(=O)Cc2ccc(C#N)cc2)CCCC1(OC)OC. The first-order valence-electron chi connectivity index (χ1n) is 10.0. The molecule has 1 aromatic carbocycles. The van der Waals surface area contributed by atoms with Gasteiger partial charge in [0.1, 0.15) is 0 Å².